The summed E-state index contributed by atoms with van der Waals surface area (Å²) in [5.41, 5.74) is 13.3. The molecule has 0 fully saturated rings. The summed E-state index contributed by atoms with van der Waals surface area (Å²) in [6, 6.07) is 15.8. The summed E-state index contributed by atoms with van der Waals surface area (Å²) < 4.78 is 2.62. The summed E-state index contributed by atoms with van der Waals surface area (Å²) in [6.07, 6.45) is 7.04. The topological polar surface area (TPSA) is 75.9 Å². The Labute approximate surface area is 322 Å². The number of aryl methyl sites for hydroxylation is 1. The molecule has 7 nitrogen and oxygen atoms in total. The minimum atomic E-state index is -0.236. The van der Waals surface area contributed by atoms with Crippen LogP contribution in [0.2, 0.25) is 0 Å². The predicted molar refractivity (Wildman–Crippen MR) is 220 cm³/mol. The highest BCUT2D eigenvalue weighted by atomic mass is 16.3. The Morgan fingerprint density at radius 3 is 2.52 bits per heavy atom. The van der Waals surface area contributed by atoms with Crippen molar-refractivity contribution in [3.8, 4) is 0 Å². The molecule has 7 heteroatoms. The molecule has 4 aliphatic rings. The molecule has 0 saturated carbocycles. The number of nitrogens with one attached hydrogen (secondary N) is 1. The molecule has 3 aromatic carbocycles. The first-order valence-corrected chi connectivity index (χ1v) is 20.5. The number of aliphatic hydroxyl groups is 1. The maximum atomic E-state index is 14.5. The molecule has 54 heavy (non-hydrogen) atoms. The average Bonchev–Trinajstić information content (AvgIpc) is 3.14. The van der Waals surface area contributed by atoms with Gasteiger partial charge in [-0.1, -0.05) is 51.1 Å². The molecular weight excluding hydrogens is 669 g/mol. The lowest BCUT2D eigenvalue weighted by Crippen LogP contribution is -2.53. The van der Waals surface area contributed by atoms with Crippen molar-refractivity contribution in [2.45, 2.75) is 110 Å². The van der Waals surface area contributed by atoms with E-state index >= 15 is 0 Å². The summed E-state index contributed by atoms with van der Waals surface area (Å²) in [6.45, 7) is 22.2. The predicted octanol–water partition coefficient (Wildman–Crippen LogP) is 5.98. The van der Waals surface area contributed by atoms with E-state index in [1.54, 1.807) is 4.90 Å². The van der Waals surface area contributed by atoms with Crippen molar-refractivity contribution in [2.24, 2.45) is 0 Å². The summed E-state index contributed by atoms with van der Waals surface area (Å²) in [5.74, 6) is 0.325. The van der Waals surface area contributed by atoms with Crippen molar-refractivity contribution in [3.05, 3.63) is 110 Å². The Bertz CT molecular complexity index is 2140. The molecule has 0 radical (unpaired) electrons. The Morgan fingerprint density at radius 1 is 1.04 bits per heavy atom. The highest BCUT2D eigenvalue weighted by Crippen LogP contribution is 2.49. The number of anilines is 1. The molecule has 0 bridgehead atoms. The van der Waals surface area contributed by atoms with E-state index in [4.69, 9.17) is 0 Å². The van der Waals surface area contributed by atoms with E-state index in [0.29, 0.717) is 49.4 Å². The first-order valence-electron chi connectivity index (χ1n) is 20.5. The van der Waals surface area contributed by atoms with Gasteiger partial charge < -0.3 is 20.2 Å². The number of fused-ring (bicyclic) bond motifs is 4. The first-order chi connectivity index (χ1) is 25.8. The zero-order chi connectivity index (χ0) is 38.5. The van der Waals surface area contributed by atoms with Gasteiger partial charge in [0.25, 0.3) is 5.91 Å². The summed E-state index contributed by atoms with van der Waals surface area (Å²) >= 11 is 0. The zero-order valence-corrected chi connectivity index (χ0v) is 33.8. The molecule has 1 atom stereocenters. The lowest BCUT2D eigenvalue weighted by Gasteiger charge is -2.44. The van der Waals surface area contributed by atoms with Crippen LogP contribution in [0.15, 0.2) is 54.6 Å². The Kier molecular flexibility index (Phi) is 10.4. The SMILES string of the molecule is C=C(CO)CCNC(=O)CCCN(C)C(=O)c1ccccc1C1=c2cc3c(cc2C(C)(C)c2c1cc1c4c2CCCN4CCC1)=[N+](CC)C(C)(C)CC3C. The molecule has 0 spiro atoms. The molecule has 3 aromatic rings. The fraction of sp³-hybridized carbons (Fsp3) is 0.511. The van der Waals surface area contributed by atoms with E-state index in [2.05, 4.69) is 93.2 Å². The number of rotatable bonds is 11. The average molecular weight is 730 g/mol. The number of hydrogen-bond acceptors (Lipinski definition) is 4. The van der Waals surface area contributed by atoms with Gasteiger partial charge in [-0.25, -0.2) is 4.58 Å². The highest BCUT2D eigenvalue weighted by molar-refractivity contribution is 6.02. The standard InChI is InChI=1S/C47H60N4O3/c1-9-51-40-27-39-37(26-36(40)31(3)28-46(51,4)5)42(38-25-32-15-12-23-50-24-13-18-35(44(32)50)43(38)47(39,6)7)33-16-10-11-17-34(33)45(54)49(8)22-14-19-41(53)48-21-20-30(2)29-52/h10-11,16-17,25-27,31,52H,2,9,12-15,18-24,28-29H2,1,3-8H3/p+1. The van der Waals surface area contributed by atoms with E-state index in [1.807, 2.05) is 19.2 Å². The van der Waals surface area contributed by atoms with Crippen molar-refractivity contribution >= 4 is 23.1 Å². The van der Waals surface area contributed by atoms with Crippen molar-refractivity contribution in [3.63, 3.8) is 0 Å². The van der Waals surface area contributed by atoms with Crippen LogP contribution >= 0.6 is 0 Å². The molecule has 0 aromatic heterocycles. The van der Waals surface area contributed by atoms with Gasteiger partial charge in [-0.15, -0.1) is 0 Å². The van der Waals surface area contributed by atoms with Crippen molar-refractivity contribution in [1.82, 2.24) is 14.8 Å². The first kappa shape index (κ1) is 38.1. The van der Waals surface area contributed by atoms with Crippen LogP contribution in [0, 0.1) is 0 Å². The molecule has 1 unspecified atom stereocenters. The largest absolute Gasteiger partial charge is 0.392 e. The number of hydrogen-bond donors (Lipinski definition) is 2. The van der Waals surface area contributed by atoms with Crippen molar-refractivity contribution in [1.29, 1.82) is 0 Å². The van der Waals surface area contributed by atoms with Crippen molar-refractivity contribution in [2.75, 3.05) is 51.3 Å². The number of carbonyl (C=O) groups is 2. The van der Waals surface area contributed by atoms with Crippen LogP contribution in [0.1, 0.15) is 135 Å². The Morgan fingerprint density at radius 2 is 1.78 bits per heavy atom. The summed E-state index contributed by atoms with van der Waals surface area (Å²) in [4.78, 5) is 31.5. The Hall–Kier alpha value is -4.23. The molecule has 7 rings (SSSR count). The van der Waals surface area contributed by atoms with Crippen LogP contribution in [-0.4, -0.2) is 73.7 Å². The number of amides is 2. The van der Waals surface area contributed by atoms with Crippen LogP contribution in [0.3, 0.4) is 0 Å². The number of aliphatic hydroxyl groups excluding tert-OH is 1. The number of benzene rings is 3. The van der Waals surface area contributed by atoms with E-state index < -0.39 is 0 Å². The van der Waals surface area contributed by atoms with Gasteiger partial charge in [0.2, 0.25) is 11.3 Å². The van der Waals surface area contributed by atoms with Crippen LogP contribution in [-0.2, 0) is 23.1 Å². The molecule has 3 heterocycles. The van der Waals surface area contributed by atoms with Crippen molar-refractivity contribution < 1.29 is 14.7 Å². The molecule has 286 valence electrons. The maximum absolute atomic E-state index is 14.5. The monoisotopic (exact) mass is 729 g/mol. The van der Waals surface area contributed by atoms with Gasteiger partial charge in [-0.3, -0.25) is 9.59 Å². The van der Waals surface area contributed by atoms with Crippen LogP contribution in [0.4, 0.5) is 5.69 Å². The summed E-state index contributed by atoms with van der Waals surface area (Å²) in [7, 11) is 1.85. The molecule has 2 amide bonds. The minimum Gasteiger partial charge on any atom is -0.392 e. The zero-order valence-electron chi connectivity index (χ0n) is 33.8. The fourth-order valence-electron chi connectivity index (χ4n) is 10.4. The molecular formula is C47H61N4O3+. The lowest BCUT2D eigenvalue weighted by atomic mass is 9.64. The van der Waals surface area contributed by atoms with Crippen LogP contribution in [0.5, 0.6) is 0 Å². The fourth-order valence-corrected chi connectivity index (χ4v) is 10.4. The third-order valence-electron chi connectivity index (χ3n) is 12.9. The van der Waals surface area contributed by atoms with Gasteiger partial charge in [0.1, 0.15) is 6.54 Å². The molecule has 1 aliphatic carbocycles. The van der Waals surface area contributed by atoms with Crippen LogP contribution < -0.4 is 25.4 Å². The molecule has 0 saturated heterocycles. The number of nitrogens with zero attached hydrogens (tertiary/aromatic N) is 3. The van der Waals surface area contributed by atoms with E-state index in [1.165, 1.54) is 61.6 Å². The van der Waals surface area contributed by atoms with Gasteiger partial charge in [-0.05, 0) is 128 Å². The van der Waals surface area contributed by atoms with E-state index in [9.17, 15) is 14.7 Å². The molecule has 2 N–H and O–H groups in total. The second-order valence-electron chi connectivity index (χ2n) is 17.5. The van der Waals surface area contributed by atoms with Gasteiger partial charge in [-0.2, -0.15) is 0 Å². The third kappa shape index (κ3) is 6.61. The van der Waals surface area contributed by atoms with Gasteiger partial charge >= 0.3 is 0 Å². The number of carbonyl (C=O) groups excluding carboxylic acids is 2. The quantitative estimate of drug-likeness (QED) is 0.188. The van der Waals surface area contributed by atoms with E-state index in [0.717, 1.165) is 50.9 Å². The van der Waals surface area contributed by atoms with Crippen LogP contribution in [0.25, 0.3) is 5.57 Å². The van der Waals surface area contributed by atoms with Gasteiger partial charge in [0, 0.05) is 74.4 Å². The van der Waals surface area contributed by atoms with Gasteiger partial charge in [0.15, 0.2) is 5.54 Å². The second-order valence-corrected chi connectivity index (χ2v) is 17.5. The van der Waals surface area contributed by atoms with Gasteiger partial charge in [0.05, 0.1) is 6.61 Å². The highest BCUT2D eigenvalue weighted by Gasteiger charge is 2.43. The smallest absolute Gasteiger partial charge is 0.254 e. The normalized spacial score (nSPS) is 19.0. The lowest BCUT2D eigenvalue weighted by molar-refractivity contribution is -0.121. The maximum Gasteiger partial charge on any atom is 0.254 e. The van der Waals surface area contributed by atoms with E-state index in [-0.39, 0.29) is 29.4 Å². The molecule has 3 aliphatic heterocycles. The minimum absolute atomic E-state index is 0.0265. The Balaban J connectivity index is 1.38. The summed E-state index contributed by atoms with van der Waals surface area (Å²) in [5, 5.41) is 14.7. The third-order valence-corrected chi connectivity index (χ3v) is 12.9. The second kappa shape index (κ2) is 14.8.